The maximum Gasteiger partial charge on any atom is 0.257 e. The fraction of sp³-hybridized carbons (Fsp3) is 0.312. The molecule has 0 aliphatic carbocycles. The standard InChI is InChI=1S/C16H16N4OS/c17-9-11-1-3-13(4-2-11)15(21)20-16-19-10-14(22-16)12-5-7-18-8-6-12/h1-4,10,12,18H,5-8H2,(H,19,20,21). The minimum absolute atomic E-state index is 0.198. The first-order valence-corrected chi connectivity index (χ1v) is 8.06. The van der Waals surface area contributed by atoms with Gasteiger partial charge in [0.1, 0.15) is 0 Å². The molecule has 2 N–H and O–H groups in total. The molecule has 1 saturated heterocycles. The van der Waals surface area contributed by atoms with Crippen molar-refractivity contribution in [1.82, 2.24) is 10.3 Å². The largest absolute Gasteiger partial charge is 0.317 e. The summed E-state index contributed by atoms with van der Waals surface area (Å²) in [6.45, 7) is 2.07. The number of hydrogen-bond acceptors (Lipinski definition) is 5. The molecule has 112 valence electrons. The Bertz CT molecular complexity index is 696. The van der Waals surface area contributed by atoms with Crippen LogP contribution >= 0.6 is 11.3 Å². The number of hydrogen-bond donors (Lipinski definition) is 2. The van der Waals surface area contributed by atoms with Crippen molar-refractivity contribution in [2.24, 2.45) is 0 Å². The van der Waals surface area contributed by atoms with E-state index in [1.165, 1.54) is 4.88 Å². The maximum absolute atomic E-state index is 12.2. The van der Waals surface area contributed by atoms with Crippen LogP contribution in [0.1, 0.15) is 39.6 Å². The van der Waals surface area contributed by atoms with E-state index in [0.29, 0.717) is 22.2 Å². The lowest BCUT2D eigenvalue weighted by atomic mass is 9.97. The van der Waals surface area contributed by atoms with Gasteiger partial charge in [0.15, 0.2) is 5.13 Å². The molecule has 22 heavy (non-hydrogen) atoms. The Hall–Kier alpha value is -2.23. The third-order valence-corrected chi connectivity index (χ3v) is 4.84. The number of carbonyl (C=O) groups excluding carboxylic acids is 1. The second-order valence-electron chi connectivity index (χ2n) is 5.24. The molecular weight excluding hydrogens is 296 g/mol. The van der Waals surface area contributed by atoms with E-state index >= 15 is 0 Å². The number of nitrogens with zero attached hydrogens (tertiary/aromatic N) is 2. The molecule has 5 nitrogen and oxygen atoms in total. The van der Waals surface area contributed by atoms with Crippen LogP contribution < -0.4 is 10.6 Å². The molecule has 1 aliphatic rings. The lowest BCUT2D eigenvalue weighted by Crippen LogP contribution is -2.26. The van der Waals surface area contributed by atoms with Crippen LogP contribution in [0.2, 0.25) is 0 Å². The average molecular weight is 312 g/mol. The number of piperidine rings is 1. The molecule has 0 spiro atoms. The molecule has 2 aromatic rings. The molecule has 1 aromatic heterocycles. The zero-order chi connectivity index (χ0) is 15.4. The molecule has 2 heterocycles. The third kappa shape index (κ3) is 3.32. The highest BCUT2D eigenvalue weighted by Gasteiger charge is 2.18. The van der Waals surface area contributed by atoms with Crippen LogP contribution in [0.3, 0.4) is 0 Å². The SMILES string of the molecule is N#Cc1ccc(C(=O)Nc2ncc(C3CCNCC3)s2)cc1. The summed E-state index contributed by atoms with van der Waals surface area (Å²) >= 11 is 1.55. The number of benzene rings is 1. The van der Waals surface area contributed by atoms with E-state index in [4.69, 9.17) is 5.26 Å². The second-order valence-corrected chi connectivity index (χ2v) is 6.30. The zero-order valence-electron chi connectivity index (χ0n) is 12.0. The minimum Gasteiger partial charge on any atom is -0.317 e. The Balaban J connectivity index is 1.66. The van der Waals surface area contributed by atoms with Crippen LogP contribution in [0.15, 0.2) is 30.5 Å². The summed E-state index contributed by atoms with van der Waals surface area (Å²) in [5, 5.41) is 15.6. The van der Waals surface area contributed by atoms with Crippen molar-refractivity contribution in [3.63, 3.8) is 0 Å². The number of carbonyl (C=O) groups is 1. The Morgan fingerprint density at radius 2 is 2.05 bits per heavy atom. The summed E-state index contributed by atoms with van der Waals surface area (Å²) in [5.41, 5.74) is 1.07. The highest BCUT2D eigenvalue weighted by atomic mass is 32.1. The van der Waals surface area contributed by atoms with Gasteiger partial charge in [0.05, 0.1) is 11.6 Å². The number of anilines is 1. The van der Waals surface area contributed by atoms with E-state index in [2.05, 4.69) is 15.6 Å². The predicted octanol–water partition coefficient (Wildman–Crippen LogP) is 2.73. The van der Waals surface area contributed by atoms with Crippen LogP contribution in [0.4, 0.5) is 5.13 Å². The Morgan fingerprint density at radius 1 is 1.32 bits per heavy atom. The topological polar surface area (TPSA) is 77.8 Å². The van der Waals surface area contributed by atoms with Gasteiger partial charge >= 0.3 is 0 Å². The van der Waals surface area contributed by atoms with Crippen LogP contribution in [0, 0.1) is 11.3 Å². The lowest BCUT2D eigenvalue weighted by molar-refractivity contribution is 0.102. The Kier molecular flexibility index (Phi) is 4.47. The first-order valence-electron chi connectivity index (χ1n) is 7.24. The van der Waals surface area contributed by atoms with Crippen molar-refractivity contribution in [3.05, 3.63) is 46.5 Å². The molecule has 0 radical (unpaired) electrons. The highest BCUT2D eigenvalue weighted by Crippen LogP contribution is 2.31. The molecule has 1 fully saturated rings. The monoisotopic (exact) mass is 312 g/mol. The van der Waals surface area contributed by atoms with E-state index in [1.54, 1.807) is 35.6 Å². The van der Waals surface area contributed by atoms with Crippen molar-refractivity contribution in [2.45, 2.75) is 18.8 Å². The Labute approximate surface area is 133 Å². The summed E-state index contributed by atoms with van der Waals surface area (Å²) in [7, 11) is 0. The number of nitriles is 1. The predicted molar refractivity (Wildman–Crippen MR) is 86.1 cm³/mol. The van der Waals surface area contributed by atoms with E-state index in [9.17, 15) is 4.79 Å². The molecular formula is C16H16N4OS. The number of thiazole rings is 1. The molecule has 1 aliphatic heterocycles. The first kappa shape index (κ1) is 14.7. The zero-order valence-corrected chi connectivity index (χ0v) is 12.8. The molecule has 0 unspecified atom stereocenters. The molecule has 0 bridgehead atoms. The van der Waals surface area contributed by atoms with Gasteiger partial charge in [0, 0.05) is 16.6 Å². The van der Waals surface area contributed by atoms with Crippen LogP contribution in [-0.4, -0.2) is 24.0 Å². The van der Waals surface area contributed by atoms with Gasteiger partial charge in [-0.2, -0.15) is 5.26 Å². The molecule has 0 atom stereocenters. The van der Waals surface area contributed by atoms with Gasteiger partial charge in [0.2, 0.25) is 0 Å². The van der Waals surface area contributed by atoms with Crippen LogP contribution in [0.25, 0.3) is 0 Å². The average Bonchev–Trinajstić information content (AvgIpc) is 3.04. The fourth-order valence-corrected chi connectivity index (χ4v) is 3.49. The summed E-state index contributed by atoms with van der Waals surface area (Å²) in [5.74, 6) is 0.343. The molecule has 3 rings (SSSR count). The first-order chi connectivity index (χ1) is 10.8. The van der Waals surface area contributed by atoms with Crippen molar-refractivity contribution in [1.29, 1.82) is 5.26 Å². The quantitative estimate of drug-likeness (QED) is 0.913. The van der Waals surface area contributed by atoms with Gasteiger partial charge < -0.3 is 5.32 Å². The molecule has 1 aromatic carbocycles. The fourth-order valence-electron chi connectivity index (χ4n) is 2.50. The number of nitrogens with one attached hydrogen (secondary N) is 2. The van der Waals surface area contributed by atoms with Gasteiger partial charge in [-0.15, -0.1) is 11.3 Å². The lowest BCUT2D eigenvalue weighted by Gasteiger charge is -2.20. The third-order valence-electron chi connectivity index (χ3n) is 3.76. The van der Waals surface area contributed by atoms with E-state index in [1.807, 2.05) is 12.3 Å². The van der Waals surface area contributed by atoms with E-state index < -0.39 is 0 Å². The van der Waals surface area contributed by atoms with Gasteiger partial charge in [-0.25, -0.2) is 4.98 Å². The van der Waals surface area contributed by atoms with Crippen molar-refractivity contribution >= 4 is 22.4 Å². The molecule has 0 saturated carbocycles. The highest BCUT2D eigenvalue weighted by molar-refractivity contribution is 7.15. The van der Waals surface area contributed by atoms with Crippen molar-refractivity contribution in [3.8, 4) is 6.07 Å². The van der Waals surface area contributed by atoms with Crippen molar-refractivity contribution in [2.75, 3.05) is 18.4 Å². The summed E-state index contributed by atoms with van der Waals surface area (Å²) in [6.07, 6.45) is 4.10. The second kappa shape index (κ2) is 6.69. The van der Waals surface area contributed by atoms with E-state index in [-0.39, 0.29) is 5.91 Å². The van der Waals surface area contributed by atoms with Gasteiger partial charge in [0.25, 0.3) is 5.91 Å². The van der Waals surface area contributed by atoms with Gasteiger partial charge in [-0.05, 0) is 56.1 Å². The summed E-state index contributed by atoms with van der Waals surface area (Å²) in [6, 6.07) is 8.60. The van der Waals surface area contributed by atoms with Crippen LogP contribution in [0.5, 0.6) is 0 Å². The summed E-state index contributed by atoms with van der Waals surface area (Å²) in [4.78, 5) is 17.7. The Morgan fingerprint density at radius 3 is 2.73 bits per heavy atom. The smallest absolute Gasteiger partial charge is 0.257 e. The van der Waals surface area contributed by atoms with E-state index in [0.717, 1.165) is 25.9 Å². The van der Waals surface area contributed by atoms with Gasteiger partial charge in [-0.1, -0.05) is 0 Å². The molecule has 1 amide bonds. The minimum atomic E-state index is -0.198. The van der Waals surface area contributed by atoms with Crippen molar-refractivity contribution < 1.29 is 4.79 Å². The van der Waals surface area contributed by atoms with Gasteiger partial charge in [-0.3, -0.25) is 10.1 Å². The molecule has 6 heteroatoms. The number of amides is 1. The summed E-state index contributed by atoms with van der Waals surface area (Å²) < 4.78 is 0. The normalized spacial score (nSPS) is 15.2. The number of rotatable bonds is 3. The number of aromatic nitrogens is 1. The maximum atomic E-state index is 12.2. The van der Waals surface area contributed by atoms with Crippen LogP contribution in [-0.2, 0) is 0 Å².